The summed E-state index contributed by atoms with van der Waals surface area (Å²) in [5, 5.41) is 19.6. The van der Waals surface area contributed by atoms with Crippen molar-refractivity contribution in [1.29, 1.82) is 0 Å². The highest BCUT2D eigenvalue weighted by atomic mass is 16.3. The molecule has 3 N–H and O–H groups in total. The van der Waals surface area contributed by atoms with E-state index in [2.05, 4.69) is 15.7 Å². The number of aromatic nitrogens is 2. The number of amides is 2. The van der Waals surface area contributed by atoms with Crippen LogP contribution >= 0.6 is 0 Å². The second-order valence-corrected chi connectivity index (χ2v) is 5.62. The number of benzene rings is 1. The lowest BCUT2D eigenvalue weighted by atomic mass is 10.00. The van der Waals surface area contributed by atoms with E-state index in [0.29, 0.717) is 16.8 Å². The topological polar surface area (TPSA) is 96.2 Å². The predicted octanol–water partition coefficient (Wildman–Crippen LogP) is 1.65. The maximum absolute atomic E-state index is 11.9. The summed E-state index contributed by atoms with van der Waals surface area (Å²) >= 11 is 0. The van der Waals surface area contributed by atoms with Crippen LogP contribution in [0.1, 0.15) is 29.8 Å². The zero-order valence-corrected chi connectivity index (χ0v) is 13.3. The van der Waals surface area contributed by atoms with E-state index < -0.39 is 11.6 Å². The minimum absolute atomic E-state index is 0.0247. The maximum Gasteiger partial charge on any atom is 0.319 e. The molecule has 2 aromatic rings. The number of ketones is 1. The highest BCUT2D eigenvalue weighted by molar-refractivity contribution is 5.96. The molecule has 7 heteroatoms. The fourth-order valence-electron chi connectivity index (χ4n) is 2.05. The van der Waals surface area contributed by atoms with Crippen molar-refractivity contribution in [3.8, 4) is 0 Å². The first-order chi connectivity index (χ1) is 10.8. The Morgan fingerprint density at radius 2 is 2.13 bits per heavy atom. The zero-order chi connectivity index (χ0) is 17.0. The Balaban J connectivity index is 1.95. The number of anilines is 1. The van der Waals surface area contributed by atoms with Crippen LogP contribution in [0.15, 0.2) is 36.7 Å². The smallest absolute Gasteiger partial charge is 0.319 e. The van der Waals surface area contributed by atoms with Crippen molar-refractivity contribution >= 4 is 17.5 Å². The van der Waals surface area contributed by atoms with Gasteiger partial charge in [0.15, 0.2) is 5.78 Å². The number of carbonyl (C=O) groups is 2. The Hall–Kier alpha value is -2.67. The van der Waals surface area contributed by atoms with E-state index in [1.807, 2.05) is 0 Å². The molecule has 0 spiro atoms. The van der Waals surface area contributed by atoms with Crippen LogP contribution in [0.5, 0.6) is 0 Å². The van der Waals surface area contributed by atoms with Crippen molar-refractivity contribution in [2.24, 2.45) is 7.05 Å². The van der Waals surface area contributed by atoms with E-state index in [1.54, 1.807) is 55.3 Å². The highest BCUT2D eigenvalue weighted by Gasteiger charge is 2.25. The van der Waals surface area contributed by atoms with Gasteiger partial charge in [0.2, 0.25) is 0 Å². The molecule has 0 saturated heterocycles. The third kappa shape index (κ3) is 4.40. The third-order valence-corrected chi connectivity index (χ3v) is 3.45. The van der Waals surface area contributed by atoms with Gasteiger partial charge >= 0.3 is 6.03 Å². The fourth-order valence-corrected chi connectivity index (χ4v) is 2.05. The SMILES string of the molecule is CC(=O)c1cccc(NC(=O)NC[C@](C)(O)c2cnn(C)c2)c1. The van der Waals surface area contributed by atoms with Gasteiger partial charge in [-0.1, -0.05) is 12.1 Å². The Bertz CT molecular complexity index is 722. The zero-order valence-electron chi connectivity index (χ0n) is 13.3. The summed E-state index contributed by atoms with van der Waals surface area (Å²) in [4.78, 5) is 23.3. The van der Waals surface area contributed by atoms with Gasteiger partial charge in [-0.15, -0.1) is 0 Å². The van der Waals surface area contributed by atoms with Crippen molar-refractivity contribution in [2.45, 2.75) is 19.4 Å². The third-order valence-electron chi connectivity index (χ3n) is 3.45. The van der Waals surface area contributed by atoms with Crippen LogP contribution in [-0.4, -0.2) is 33.2 Å². The first kappa shape index (κ1) is 16.7. The Morgan fingerprint density at radius 1 is 1.39 bits per heavy atom. The molecular weight excluding hydrogens is 296 g/mol. The lowest BCUT2D eigenvalue weighted by molar-refractivity contribution is 0.0599. The minimum atomic E-state index is -1.23. The molecule has 1 aromatic carbocycles. The molecule has 122 valence electrons. The molecule has 0 aliphatic rings. The molecular formula is C16H20N4O3. The van der Waals surface area contributed by atoms with Crippen LogP contribution in [0.3, 0.4) is 0 Å². The molecule has 0 aliphatic carbocycles. The van der Waals surface area contributed by atoms with Crippen molar-refractivity contribution < 1.29 is 14.7 Å². The Morgan fingerprint density at radius 3 is 2.74 bits per heavy atom. The molecule has 0 saturated carbocycles. The van der Waals surface area contributed by atoms with Gasteiger partial charge in [0.25, 0.3) is 0 Å². The van der Waals surface area contributed by atoms with Crippen molar-refractivity contribution in [1.82, 2.24) is 15.1 Å². The Kier molecular flexibility index (Phi) is 4.80. The second kappa shape index (κ2) is 6.62. The van der Waals surface area contributed by atoms with Crippen molar-refractivity contribution in [3.63, 3.8) is 0 Å². The van der Waals surface area contributed by atoms with Crippen LogP contribution < -0.4 is 10.6 Å². The van der Waals surface area contributed by atoms with Crippen molar-refractivity contribution in [3.05, 3.63) is 47.8 Å². The molecule has 0 unspecified atom stereocenters. The lowest BCUT2D eigenvalue weighted by Gasteiger charge is -2.22. The van der Waals surface area contributed by atoms with Gasteiger partial charge in [0.1, 0.15) is 5.60 Å². The molecule has 2 amide bonds. The number of aryl methyl sites for hydroxylation is 1. The van der Waals surface area contributed by atoms with Gasteiger partial charge in [0.05, 0.1) is 12.7 Å². The maximum atomic E-state index is 11.9. The molecule has 1 aromatic heterocycles. The molecule has 0 fully saturated rings. The van der Waals surface area contributed by atoms with Crippen molar-refractivity contribution in [2.75, 3.05) is 11.9 Å². The van der Waals surface area contributed by atoms with Gasteiger partial charge in [-0.25, -0.2) is 4.79 Å². The van der Waals surface area contributed by atoms with Gasteiger partial charge in [-0.05, 0) is 26.0 Å². The quantitative estimate of drug-likeness (QED) is 0.731. The Labute approximate surface area is 134 Å². The van der Waals surface area contributed by atoms with Crippen LogP contribution in [0.25, 0.3) is 0 Å². The first-order valence-electron chi connectivity index (χ1n) is 7.15. The summed E-state index contributed by atoms with van der Waals surface area (Å²) in [6.07, 6.45) is 3.24. The standard InChI is InChI=1S/C16H20N4O3/c1-11(21)12-5-4-6-14(7-12)19-15(22)17-10-16(2,23)13-8-18-20(3)9-13/h4-9,23H,10H2,1-3H3,(H2,17,19,22)/t16-/m0/s1. The number of nitrogens with zero attached hydrogens (tertiary/aromatic N) is 2. The number of urea groups is 1. The van der Waals surface area contributed by atoms with E-state index in [9.17, 15) is 14.7 Å². The summed E-state index contributed by atoms with van der Waals surface area (Å²) in [7, 11) is 1.75. The number of nitrogens with one attached hydrogen (secondary N) is 2. The van der Waals surface area contributed by atoms with Gasteiger partial charge < -0.3 is 15.7 Å². The molecule has 0 radical (unpaired) electrons. The second-order valence-electron chi connectivity index (χ2n) is 5.62. The summed E-state index contributed by atoms with van der Waals surface area (Å²) in [6, 6.07) is 6.19. The number of carbonyl (C=O) groups excluding carboxylic acids is 2. The average molecular weight is 316 g/mol. The number of rotatable bonds is 5. The highest BCUT2D eigenvalue weighted by Crippen LogP contribution is 2.18. The molecule has 7 nitrogen and oxygen atoms in total. The number of hydrogen-bond acceptors (Lipinski definition) is 4. The summed E-state index contributed by atoms with van der Waals surface area (Å²) in [6.45, 7) is 3.09. The minimum Gasteiger partial charge on any atom is -0.383 e. The van der Waals surface area contributed by atoms with E-state index in [-0.39, 0.29) is 12.3 Å². The summed E-state index contributed by atoms with van der Waals surface area (Å²) in [5.41, 5.74) is 0.410. The van der Waals surface area contributed by atoms with Gasteiger partial charge in [0, 0.05) is 30.1 Å². The van der Waals surface area contributed by atoms with Crippen LogP contribution in [0, 0.1) is 0 Å². The van der Waals surface area contributed by atoms with E-state index >= 15 is 0 Å². The number of Topliss-reactive ketones (excluding diaryl/α,β-unsaturated/α-hetero) is 1. The van der Waals surface area contributed by atoms with E-state index in [0.717, 1.165) is 0 Å². The normalized spacial score (nSPS) is 13.2. The molecule has 2 rings (SSSR count). The first-order valence-corrected chi connectivity index (χ1v) is 7.15. The van der Waals surface area contributed by atoms with Crippen LogP contribution in [0.2, 0.25) is 0 Å². The monoisotopic (exact) mass is 316 g/mol. The van der Waals surface area contributed by atoms with Gasteiger partial charge in [-0.3, -0.25) is 9.48 Å². The average Bonchev–Trinajstić information content (AvgIpc) is 2.93. The molecule has 0 aliphatic heterocycles. The summed E-state index contributed by atoms with van der Waals surface area (Å²) < 4.78 is 1.58. The molecule has 1 heterocycles. The predicted molar refractivity (Wildman–Crippen MR) is 86.2 cm³/mol. The fraction of sp³-hybridized carbons (Fsp3) is 0.312. The number of aliphatic hydroxyl groups is 1. The van der Waals surface area contributed by atoms with Gasteiger partial charge in [-0.2, -0.15) is 5.10 Å². The molecule has 0 bridgehead atoms. The molecule has 1 atom stereocenters. The molecule has 23 heavy (non-hydrogen) atoms. The van der Waals surface area contributed by atoms with Crippen LogP contribution in [-0.2, 0) is 12.6 Å². The van der Waals surface area contributed by atoms with E-state index in [1.165, 1.54) is 6.92 Å². The lowest BCUT2D eigenvalue weighted by Crippen LogP contribution is -2.40. The summed E-state index contributed by atoms with van der Waals surface area (Å²) in [5.74, 6) is -0.0754. The largest absolute Gasteiger partial charge is 0.383 e. The number of hydrogen-bond donors (Lipinski definition) is 3. The van der Waals surface area contributed by atoms with Crippen LogP contribution in [0.4, 0.5) is 10.5 Å². The van der Waals surface area contributed by atoms with E-state index in [4.69, 9.17) is 0 Å².